The largest absolute Gasteiger partial charge is 0.383 e. The number of aromatic nitrogens is 2. The number of rotatable bonds is 3. The number of halogens is 1. The number of nitrogens with two attached hydrogens (primary N) is 1. The molecular weight excluding hydrogens is 289 g/mol. The zero-order valence-electron chi connectivity index (χ0n) is 8.84. The van der Waals surface area contributed by atoms with Crippen molar-refractivity contribution in [1.29, 1.82) is 0 Å². The van der Waals surface area contributed by atoms with E-state index in [-0.39, 0.29) is 0 Å². The Bertz CT molecular complexity index is 300. The summed E-state index contributed by atoms with van der Waals surface area (Å²) in [6.45, 7) is 6.37. The van der Waals surface area contributed by atoms with Gasteiger partial charge < -0.3 is 5.73 Å². The van der Waals surface area contributed by atoms with E-state index in [0.29, 0.717) is 11.7 Å². The number of aryl methyl sites for hydroxylation is 2. The number of hydrogen-bond donors (Lipinski definition) is 1. The SMILES string of the molecule is Cc1nc(CCC(C)C)nc(N)c1I. The summed E-state index contributed by atoms with van der Waals surface area (Å²) in [6.07, 6.45) is 2.03. The van der Waals surface area contributed by atoms with Crippen molar-refractivity contribution in [3.8, 4) is 0 Å². The van der Waals surface area contributed by atoms with Gasteiger partial charge in [0.05, 0.1) is 9.26 Å². The molecule has 78 valence electrons. The fourth-order valence-corrected chi connectivity index (χ4v) is 1.41. The summed E-state index contributed by atoms with van der Waals surface area (Å²) in [5.74, 6) is 2.16. The first-order chi connectivity index (χ1) is 6.50. The monoisotopic (exact) mass is 305 g/mol. The molecule has 4 heteroatoms. The van der Waals surface area contributed by atoms with Gasteiger partial charge in [-0.3, -0.25) is 0 Å². The lowest BCUT2D eigenvalue weighted by Crippen LogP contribution is -2.06. The molecule has 1 aromatic heterocycles. The molecule has 1 heterocycles. The Labute approximate surface area is 98.7 Å². The maximum atomic E-state index is 5.77. The summed E-state index contributed by atoms with van der Waals surface area (Å²) in [4.78, 5) is 8.67. The fraction of sp³-hybridized carbons (Fsp3) is 0.600. The molecule has 0 unspecified atom stereocenters. The molecule has 0 atom stereocenters. The van der Waals surface area contributed by atoms with Gasteiger partial charge in [-0.15, -0.1) is 0 Å². The van der Waals surface area contributed by atoms with E-state index >= 15 is 0 Å². The van der Waals surface area contributed by atoms with Crippen LogP contribution in [0.5, 0.6) is 0 Å². The van der Waals surface area contributed by atoms with Crippen LogP contribution < -0.4 is 5.73 Å². The van der Waals surface area contributed by atoms with Crippen molar-refractivity contribution in [3.63, 3.8) is 0 Å². The molecule has 0 saturated carbocycles. The van der Waals surface area contributed by atoms with Gasteiger partial charge in [-0.1, -0.05) is 13.8 Å². The standard InChI is InChI=1S/C10H16IN3/c1-6(2)4-5-8-13-7(3)9(11)10(12)14-8/h6H,4-5H2,1-3H3,(H2,12,13,14). The van der Waals surface area contributed by atoms with Crippen molar-refractivity contribution in [2.45, 2.75) is 33.6 Å². The van der Waals surface area contributed by atoms with Crippen LogP contribution >= 0.6 is 22.6 Å². The third kappa shape index (κ3) is 3.08. The minimum atomic E-state index is 0.608. The molecule has 0 saturated heterocycles. The van der Waals surface area contributed by atoms with E-state index in [1.807, 2.05) is 6.92 Å². The Morgan fingerprint density at radius 2 is 2.00 bits per heavy atom. The van der Waals surface area contributed by atoms with Crippen LogP contribution in [0, 0.1) is 16.4 Å². The Morgan fingerprint density at radius 3 is 2.50 bits per heavy atom. The van der Waals surface area contributed by atoms with Crippen LogP contribution in [0.1, 0.15) is 31.8 Å². The molecule has 3 nitrogen and oxygen atoms in total. The van der Waals surface area contributed by atoms with E-state index in [1.54, 1.807) is 0 Å². The molecule has 0 aliphatic rings. The lowest BCUT2D eigenvalue weighted by Gasteiger charge is -2.07. The molecule has 1 aromatic rings. The lowest BCUT2D eigenvalue weighted by molar-refractivity contribution is 0.574. The molecule has 0 aromatic carbocycles. The summed E-state index contributed by atoms with van der Waals surface area (Å²) >= 11 is 2.18. The smallest absolute Gasteiger partial charge is 0.140 e. The topological polar surface area (TPSA) is 51.8 Å². The molecule has 2 N–H and O–H groups in total. The highest BCUT2D eigenvalue weighted by Gasteiger charge is 2.06. The molecule has 1 rings (SSSR count). The average Bonchev–Trinajstić information content (AvgIpc) is 2.10. The Kier molecular flexibility index (Phi) is 4.10. The van der Waals surface area contributed by atoms with E-state index in [9.17, 15) is 0 Å². The van der Waals surface area contributed by atoms with Crippen molar-refractivity contribution in [3.05, 3.63) is 15.1 Å². The van der Waals surface area contributed by atoms with Gasteiger partial charge in [0.25, 0.3) is 0 Å². The predicted octanol–water partition coefficient (Wildman–Crippen LogP) is 2.56. The first kappa shape index (κ1) is 11.7. The maximum absolute atomic E-state index is 5.77. The normalized spacial score (nSPS) is 10.9. The summed E-state index contributed by atoms with van der Waals surface area (Å²) in [5, 5.41) is 0. The fourth-order valence-electron chi connectivity index (χ4n) is 1.17. The van der Waals surface area contributed by atoms with Gasteiger partial charge in [0.1, 0.15) is 11.6 Å². The quantitative estimate of drug-likeness (QED) is 0.873. The highest BCUT2D eigenvalue weighted by Crippen LogP contribution is 2.16. The first-order valence-corrected chi connectivity index (χ1v) is 5.87. The van der Waals surface area contributed by atoms with Crippen LogP contribution in [0.4, 0.5) is 5.82 Å². The zero-order valence-corrected chi connectivity index (χ0v) is 11.0. The Balaban J connectivity index is 2.79. The summed E-state index contributed by atoms with van der Waals surface area (Å²) in [6, 6.07) is 0. The van der Waals surface area contributed by atoms with Gasteiger partial charge in [-0.05, 0) is 41.9 Å². The van der Waals surface area contributed by atoms with E-state index in [0.717, 1.165) is 27.9 Å². The molecule has 0 fully saturated rings. The van der Waals surface area contributed by atoms with Gasteiger partial charge in [0.15, 0.2) is 0 Å². The first-order valence-electron chi connectivity index (χ1n) is 4.79. The second-order valence-corrected chi connectivity index (χ2v) is 4.94. The minimum absolute atomic E-state index is 0.608. The average molecular weight is 305 g/mol. The molecule has 0 radical (unpaired) electrons. The Hall–Kier alpha value is -0.390. The molecule has 0 bridgehead atoms. The highest BCUT2D eigenvalue weighted by molar-refractivity contribution is 14.1. The van der Waals surface area contributed by atoms with E-state index in [1.165, 1.54) is 0 Å². The van der Waals surface area contributed by atoms with Gasteiger partial charge >= 0.3 is 0 Å². The number of hydrogen-bond acceptors (Lipinski definition) is 3. The third-order valence-corrected chi connectivity index (χ3v) is 3.37. The van der Waals surface area contributed by atoms with Gasteiger partial charge in [-0.2, -0.15) is 0 Å². The summed E-state index contributed by atoms with van der Waals surface area (Å²) in [7, 11) is 0. The molecule has 0 aliphatic heterocycles. The third-order valence-electron chi connectivity index (χ3n) is 2.03. The van der Waals surface area contributed by atoms with Crippen molar-refractivity contribution in [2.75, 3.05) is 5.73 Å². The van der Waals surface area contributed by atoms with E-state index < -0.39 is 0 Å². The van der Waals surface area contributed by atoms with Crippen molar-refractivity contribution >= 4 is 28.4 Å². The number of nitrogens with zero attached hydrogens (tertiary/aromatic N) is 2. The van der Waals surface area contributed by atoms with Crippen molar-refractivity contribution in [2.24, 2.45) is 5.92 Å². The Morgan fingerprint density at radius 1 is 1.36 bits per heavy atom. The van der Waals surface area contributed by atoms with Crippen LogP contribution in [0.2, 0.25) is 0 Å². The summed E-state index contributed by atoms with van der Waals surface area (Å²) < 4.78 is 0.968. The zero-order chi connectivity index (χ0) is 10.7. The van der Waals surface area contributed by atoms with Crippen LogP contribution in [0.15, 0.2) is 0 Å². The molecule has 14 heavy (non-hydrogen) atoms. The molecule has 0 aliphatic carbocycles. The van der Waals surface area contributed by atoms with Gasteiger partial charge in [0, 0.05) is 6.42 Å². The second-order valence-electron chi connectivity index (χ2n) is 3.86. The molecule has 0 spiro atoms. The number of anilines is 1. The number of nitrogen functional groups attached to an aromatic ring is 1. The van der Waals surface area contributed by atoms with E-state index in [2.05, 4.69) is 46.4 Å². The summed E-state index contributed by atoms with van der Waals surface area (Å²) in [5.41, 5.74) is 6.75. The predicted molar refractivity (Wildman–Crippen MR) is 67.1 cm³/mol. The minimum Gasteiger partial charge on any atom is -0.383 e. The van der Waals surface area contributed by atoms with Gasteiger partial charge in [-0.25, -0.2) is 9.97 Å². The van der Waals surface area contributed by atoms with Crippen LogP contribution in [0.25, 0.3) is 0 Å². The van der Waals surface area contributed by atoms with Crippen LogP contribution in [0.3, 0.4) is 0 Å². The van der Waals surface area contributed by atoms with Crippen LogP contribution in [-0.4, -0.2) is 9.97 Å². The van der Waals surface area contributed by atoms with Crippen molar-refractivity contribution < 1.29 is 0 Å². The van der Waals surface area contributed by atoms with E-state index in [4.69, 9.17) is 5.73 Å². The second kappa shape index (κ2) is 4.91. The molecule has 0 amide bonds. The maximum Gasteiger partial charge on any atom is 0.140 e. The highest BCUT2D eigenvalue weighted by atomic mass is 127. The van der Waals surface area contributed by atoms with Crippen LogP contribution in [-0.2, 0) is 6.42 Å². The molecular formula is C10H16IN3. The van der Waals surface area contributed by atoms with Crippen molar-refractivity contribution in [1.82, 2.24) is 9.97 Å². The lowest BCUT2D eigenvalue weighted by atomic mass is 10.1. The van der Waals surface area contributed by atoms with Gasteiger partial charge in [0.2, 0.25) is 0 Å².